The van der Waals surface area contributed by atoms with E-state index < -0.39 is 28.1 Å². The molecule has 5 rings (SSSR count). The highest BCUT2D eigenvalue weighted by Crippen LogP contribution is 2.44. The van der Waals surface area contributed by atoms with Gasteiger partial charge in [-0.3, -0.25) is 19.5 Å². The van der Waals surface area contributed by atoms with E-state index in [2.05, 4.69) is 15.0 Å². The van der Waals surface area contributed by atoms with Crippen LogP contribution in [0.4, 0.5) is 8.78 Å². The Morgan fingerprint density at radius 1 is 1.10 bits per heavy atom. The van der Waals surface area contributed by atoms with Crippen molar-refractivity contribution >= 4 is 11.6 Å². The van der Waals surface area contributed by atoms with Gasteiger partial charge in [0.15, 0.2) is 11.5 Å². The van der Waals surface area contributed by atoms with E-state index in [1.807, 2.05) is 39.8 Å². The summed E-state index contributed by atoms with van der Waals surface area (Å²) in [7, 11) is 0. The van der Waals surface area contributed by atoms with E-state index in [9.17, 15) is 23.5 Å². The average molecular weight is 580 g/mol. The maximum absolute atomic E-state index is 14.3. The zero-order valence-electron chi connectivity index (χ0n) is 24.8. The standard InChI is InChI=1S/C33H39F2N3O4/c1-21-13-22(9-12-36-21)31(2,3)16-25(39)17-33(19-38(20-33)24-7-10-32(4,41)11-8-24)18-29(40)28-15-30(42-37-28)26-6-5-23(34)14-27(26)35/h5-6,9,12-15,24,41H,7-8,10-11,16-20H2,1-4H3. The minimum absolute atomic E-state index is 0.0180. The summed E-state index contributed by atoms with van der Waals surface area (Å²) in [5.41, 5.74) is 0.415. The molecule has 2 aliphatic rings. The second-order valence-electron chi connectivity index (χ2n) is 13.4. The SMILES string of the molecule is Cc1cc(C(C)(C)CC(=O)CC2(CC(=O)c3cc(-c4ccc(F)cc4F)on3)CN(C3CCC(C)(O)CC3)C2)ccn1. The van der Waals surface area contributed by atoms with Gasteiger partial charge in [-0.2, -0.15) is 0 Å². The third-order valence-corrected chi connectivity index (χ3v) is 9.04. The molecule has 0 unspecified atom stereocenters. The van der Waals surface area contributed by atoms with Gasteiger partial charge in [0.05, 0.1) is 11.2 Å². The van der Waals surface area contributed by atoms with Crippen molar-refractivity contribution in [2.24, 2.45) is 5.41 Å². The lowest BCUT2D eigenvalue weighted by atomic mass is 9.68. The lowest BCUT2D eigenvalue weighted by molar-refractivity contribution is -0.128. The quantitative estimate of drug-likeness (QED) is 0.285. The van der Waals surface area contributed by atoms with Crippen molar-refractivity contribution in [2.45, 2.75) is 89.7 Å². The number of hydrogen-bond acceptors (Lipinski definition) is 7. The maximum atomic E-state index is 14.3. The van der Waals surface area contributed by atoms with Crippen LogP contribution < -0.4 is 0 Å². The molecule has 42 heavy (non-hydrogen) atoms. The van der Waals surface area contributed by atoms with Gasteiger partial charge >= 0.3 is 0 Å². The number of aryl methyl sites for hydroxylation is 1. The van der Waals surface area contributed by atoms with Gasteiger partial charge in [0.25, 0.3) is 0 Å². The fraction of sp³-hybridized carbons (Fsp3) is 0.515. The van der Waals surface area contributed by atoms with Gasteiger partial charge in [-0.15, -0.1) is 0 Å². The Morgan fingerprint density at radius 2 is 1.81 bits per heavy atom. The molecule has 224 valence electrons. The van der Waals surface area contributed by atoms with Crippen LogP contribution in [0.5, 0.6) is 0 Å². The van der Waals surface area contributed by atoms with E-state index in [-0.39, 0.29) is 41.4 Å². The Hall–Kier alpha value is -3.30. The molecule has 1 aliphatic heterocycles. The molecular weight excluding hydrogens is 540 g/mol. The fourth-order valence-corrected chi connectivity index (χ4v) is 6.65. The van der Waals surface area contributed by atoms with Gasteiger partial charge in [-0.1, -0.05) is 19.0 Å². The van der Waals surface area contributed by atoms with Gasteiger partial charge in [0, 0.05) is 67.8 Å². The second-order valence-corrected chi connectivity index (χ2v) is 13.4. The molecule has 1 saturated carbocycles. The monoisotopic (exact) mass is 579 g/mol. The number of Topliss-reactive ketones (excluding diaryl/α,β-unsaturated/α-hetero) is 2. The Labute approximate surface area is 245 Å². The van der Waals surface area contributed by atoms with Crippen molar-refractivity contribution in [3.8, 4) is 11.3 Å². The number of carbonyl (C=O) groups is 2. The van der Waals surface area contributed by atoms with Crippen LogP contribution in [-0.2, 0) is 10.2 Å². The van der Waals surface area contributed by atoms with Gasteiger partial charge in [0.1, 0.15) is 23.1 Å². The van der Waals surface area contributed by atoms with Crippen LogP contribution in [0.25, 0.3) is 11.3 Å². The summed E-state index contributed by atoms with van der Waals surface area (Å²) < 4.78 is 32.9. The molecular formula is C33H39F2N3O4. The minimum Gasteiger partial charge on any atom is -0.390 e. The highest BCUT2D eigenvalue weighted by atomic mass is 19.1. The Kier molecular flexibility index (Phi) is 8.20. The van der Waals surface area contributed by atoms with Crippen LogP contribution in [0.3, 0.4) is 0 Å². The smallest absolute Gasteiger partial charge is 0.185 e. The summed E-state index contributed by atoms with van der Waals surface area (Å²) >= 11 is 0. The zero-order valence-corrected chi connectivity index (χ0v) is 24.8. The molecule has 2 aromatic heterocycles. The van der Waals surface area contributed by atoms with Crippen LogP contribution in [0, 0.1) is 24.0 Å². The molecule has 0 amide bonds. The van der Waals surface area contributed by atoms with Crippen molar-refractivity contribution in [3.05, 3.63) is 71.2 Å². The second kappa shape index (κ2) is 11.4. The molecule has 0 atom stereocenters. The lowest BCUT2D eigenvalue weighted by Crippen LogP contribution is -2.62. The number of halogens is 2. The topological polar surface area (TPSA) is 96.5 Å². The molecule has 1 aliphatic carbocycles. The van der Waals surface area contributed by atoms with E-state index in [1.165, 1.54) is 12.1 Å². The summed E-state index contributed by atoms with van der Waals surface area (Å²) in [6.45, 7) is 9.09. The first-order chi connectivity index (χ1) is 19.7. The summed E-state index contributed by atoms with van der Waals surface area (Å²) in [6, 6.07) is 8.74. The number of aliphatic hydroxyl groups is 1. The van der Waals surface area contributed by atoms with Gasteiger partial charge in [-0.05, 0) is 74.8 Å². The molecule has 9 heteroatoms. The van der Waals surface area contributed by atoms with Crippen molar-refractivity contribution in [2.75, 3.05) is 13.1 Å². The number of carbonyl (C=O) groups excluding carboxylic acids is 2. The zero-order chi connectivity index (χ0) is 30.3. The van der Waals surface area contributed by atoms with Crippen LogP contribution in [0.1, 0.15) is 87.5 Å². The molecule has 3 aromatic rings. The van der Waals surface area contributed by atoms with Gasteiger partial charge in [0.2, 0.25) is 0 Å². The van der Waals surface area contributed by atoms with Crippen molar-refractivity contribution in [1.82, 2.24) is 15.0 Å². The molecule has 7 nitrogen and oxygen atoms in total. The van der Waals surface area contributed by atoms with Gasteiger partial charge in [-0.25, -0.2) is 8.78 Å². The first-order valence-corrected chi connectivity index (χ1v) is 14.6. The number of rotatable bonds is 10. The third-order valence-electron chi connectivity index (χ3n) is 9.04. The number of hydrogen-bond donors (Lipinski definition) is 1. The normalized spacial score (nSPS) is 22.5. The lowest BCUT2D eigenvalue weighted by Gasteiger charge is -2.55. The highest BCUT2D eigenvalue weighted by molar-refractivity contribution is 5.96. The largest absolute Gasteiger partial charge is 0.390 e. The average Bonchev–Trinajstić information content (AvgIpc) is 3.37. The molecule has 0 spiro atoms. The molecule has 2 fully saturated rings. The Morgan fingerprint density at radius 3 is 2.48 bits per heavy atom. The molecule has 1 N–H and O–H groups in total. The minimum atomic E-state index is -0.805. The number of nitrogens with zero attached hydrogens (tertiary/aromatic N) is 3. The van der Waals surface area contributed by atoms with E-state index in [1.54, 1.807) is 6.20 Å². The van der Waals surface area contributed by atoms with Crippen molar-refractivity contribution in [1.29, 1.82) is 0 Å². The molecule has 1 saturated heterocycles. The van der Waals surface area contributed by atoms with Crippen molar-refractivity contribution in [3.63, 3.8) is 0 Å². The number of ketones is 2. The number of aromatic nitrogens is 2. The van der Waals surface area contributed by atoms with Gasteiger partial charge < -0.3 is 9.63 Å². The number of pyridine rings is 1. The summed E-state index contributed by atoms with van der Waals surface area (Å²) in [6.07, 6.45) is 5.63. The van der Waals surface area contributed by atoms with Crippen LogP contribution in [0.2, 0.25) is 0 Å². The van der Waals surface area contributed by atoms with Crippen LogP contribution >= 0.6 is 0 Å². The predicted molar refractivity (Wildman–Crippen MR) is 154 cm³/mol. The predicted octanol–water partition coefficient (Wildman–Crippen LogP) is 6.22. The number of likely N-dealkylation sites (tertiary alicyclic amines) is 1. The third kappa shape index (κ3) is 6.68. The fourth-order valence-electron chi connectivity index (χ4n) is 6.65. The summed E-state index contributed by atoms with van der Waals surface area (Å²) in [4.78, 5) is 33.7. The van der Waals surface area contributed by atoms with Crippen molar-refractivity contribution < 1.29 is 28.0 Å². The Balaban J connectivity index is 1.31. The maximum Gasteiger partial charge on any atom is 0.185 e. The van der Waals surface area contributed by atoms with E-state index in [0.29, 0.717) is 25.6 Å². The summed E-state index contributed by atoms with van der Waals surface area (Å²) in [5.74, 6) is -1.67. The molecule has 0 bridgehead atoms. The van der Waals surface area contributed by atoms with Crippen LogP contribution in [0.15, 0.2) is 47.1 Å². The molecule has 0 radical (unpaired) electrons. The summed E-state index contributed by atoms with van der Waals surface area (Å²) in [5, 5.41) is 14.3. The first kappa shape index (κ1) is 30.2. The first-order valence-electron chi connectivity index (χ1n) is 14.6. The van der Waals surface area contributed by atoms with E-state index >= 15 is 0 Å². The number of benzene rings is 1. The highest BCUT2D eigenvalue weighted by Gasteiger charge is 2.49. The van der Waals surface area contributed by atoms with E-state index in [4.69, 9.17) is 4.52 Å². The van der Waals surface area contributed by atoms with Crippen LogP contribution in [-0.4, -0.2) is 56.4 Å². The molecule has 3 heterocycles. The van der Waals surface area contributed by atoms with E-state index in [0.717, 1.165) is 49.1 Å². The molecule has 1 aromatic carbocycles. The Bertz CT molecular complexity index is 1470.